The van der Waals surface area contributed by atoms with Gasteiger partial charge in [-0.25, -0.2) is 4.79 Å². The minimum atomic E-state index is -1.000. The van der Waals surface area contributed by atoms with Crippen LogP contribution in [0.1, 0.15) is 15.9 Å². The molecular weight excluding hydrogens is 336 g/mol. The van der Waals surface area contributed by atoms with Crippen molar-refractivity contribution in [3.05, 3.63) is 58.1 Å². The molecule has 0 saturated carbocycles. The van der Waals surface area contributed by atoms with Crippen molar-refractivity contribution in [2.75, 3.05) is 12.5 Å². The highest BCUT2D eigenvalue weighted by atomic mass is 79.9. The molecule has 5 nitrogen and oxygen atoms in total. The number of ether oxygens (including phenoxy) is 1. The normalized spacial score (nSPS) is 10.6. The van der Waals surface area contributed by atoms with Crippen LogP contribution in [-0.2, 0) is 0 Å². The Balaban J connectivity index is 2.13. The number of methoxy groups -OCH3 is 1. The maximum absolute atomic E-state index is 11.1. The van der Waals surface area contributed by atoms with Gasteiger partial charge in [0.05, 0.1) is 29.0 Å². The lowest BCUT2D eigenvalue weighted by Crippen LogP contribution is -2.02. The molecular formula is C15H13BrN2O3. The molecule has 0 unspecified atom stereocenters. The van der Waals surface area contributed by atoms with Crippen LogP contribution in [0.15, 0.2) is 52.0 Å². The summed E-state index contributed by atoms with van der Waals surface area (Å²) < 4.78 is 5.96. The van der Waals surface area contributed by atoms with Crippen molar-refractivity contribution in [2.24, 2.45) is 5.10 Å². The largest absolute Gasteiger partial charge is 0.496 e. The van der Waals surface area contributed by atoms with Crippen LogP contribution in [0.2, 0.25) is 0 Å². The van der Waals surface area contributed by atoms with E-state index in [4.69, 9.17) is 9.84 Å². The molecule has 0 aliphatic rings. The molecule has 0 aliphatic carbocycles. The van der Waals surface area contributed by atoms with E-state index in [2.05, 4.69) is 26.5 Å². The van der Waals surface area contributed by atoms with Gasteiger partial charge >= 0.3 is 5.97 Å². The second kappa shape index (κ2) is 6.90. The molecule has 2 N–H and O–H groups in total. The summed E-state index contributed by atoms with van der Waals surface area (Å²) in [5.41, 5.74) is 4.19. The first-order chi connectivity index (χ1) is 10.1. The Hall–Kier alpha value is -2.34. The topological polar surface area (TPSA) is 70.9 Å². The number of nitrogens with zero attached hydrogens (tertiary/aromatic N) is 1. The Morgan fingerprint density at radius 2 is 2.10 bits per heavy atom. The number of para-hydroxylation sites is 1. The van der Waals surface area contributed by atoms with E-state index in [0.29, 0.717) is 5.69 Å². The number of hydrazone groups is 1. The second-order valence-corrected chi connectivity index (χ2v) is 4.97. The van der Waals surface area contributed by atoms with Gasteiger partial charge in [-0.2, -0.15) is 5.10 Å². The number of carbonyl (C=O) groups is 1. The average molecular weight is 349 g/mol. The number of hydrogen-bond donors (Lipinski definition) is 2. The smallest absolute Gasteiger partial charge is 0.337 e. The third-order valence-corrected chi connectivity index (χ3v) is 3.35. The lowest BCUT2D eigenvalue weighted by atomic mass is 10.2. The summed E-state index contributed by atoms with van der Waals surface area (Å²) in [4.78, 5) is 11.1. The Morgan fingerprint density at radius 1 is 1.33 bits per heavy atom. The van der Waals surface area contributed by atoms with Gasteiger partial charge in [-0.1, -0.05) is 12.1 Å². The monoisotopic (exact) mass is 348 g/mol. The van der Waals surface area contributed by atoms with Crippen molar-refractivity contribution in [2.45, 2.75) is 0 Å². The van der Waals surface area contributed by atoms with Gasteiger partial charge in [-0.15, -0.1) is 0 Å². The fraction of sp³-hybridized carbons (Fsp3) is 0.0667. The molecule has 6 heteroatoms. The van der Waals surface area contributed by atoms with Gasteiger partial charge in [0.2, 0.25) is 0 Å². The number of anilines is 1. The van der Waals surface area contributed by atoms with E-state index in [-0.39, 0.29) is 5.56 Å². The summed E-state index contributed by atoms with van der Waals surface area (Å²) in [5, 5.41) is 13.1. The van der Waals surface area contributed by atoms with Crippen molar-refractivity contribution >= 4 is 33.8 Å². The maximum atomic E-state index is 11.1. The minimum Gasteiger partial charge on any atom is -0.496 e. The van der Waals surface area contributed by atoms with E-state index in [9.17, 15) is 4.79 Å². The highest BCUT2D eigenvalue weighted by molar-refractivity contribution is 9.10. The fourth-order valence-electron chi connectivity index (χ4n) is 1.71. The number of carboxylic acids is 1. The number of aromatic carboxylic acids is 1. The quantitative estimate of drug-likeness (QED) is 0.639. The first-order valence-electron chi connectivity index (χ1n) is 6.06. The molecule has 21 heavy (non-hydrogen) atoms. The minimum absolute atomic E-state index is 0.172. The van der Waals surface area contributed by atoms with Crippen LogP contribution in [-0.4, -0.2) is 24.4 Å². The van der Waals surface area contributed by atoms with Crippen molar-refractivity contribution in [3.63, 3.8) is 0 Å². The van der Waals surface area contributed by atoms with E-state index >= 15 is 0 Å². The molecule has 2 aromatic rings. The predicted octanol–water partition coefficient (Wildman–Crippen LogP) is 3.60. The highest BCUT2D eigenvalue weighted by Crippen LogP contribution is 2.24. The molecule has 2 aromatic carbocycles. The zero-order valence-electron chi connectivity index (χ0n) is 11.2. The van der Waals surface area contributed by atoms with E-state index in [0.717, 1.165) is 15.8 Å². The molecule has 0 atom stereocenters. The van der Waals surface area contributed by atoms with Gasteiger partial charge in [0.1, 0.15) is 5.75 Å². The van der Waals surface area contributed by atoms with E-state index in [1.807, 2.05) is 18.2 Å². The van der Waals surface area contributed by atoms with Crippen LogP contribution in [0, 0.1) is 0 Å². The van der Waals surface area contributed by atoms with Crippen LogP contribution < -0.4 is 10.2 Å². The summed E-state index contributed by atoms with van der Waals surface area (Å²) >= 11 is 3.39. The second-order valence-electron chi connectivity index (χ2n) is 4.11. The third-order valence-electron chi connectivity index (χ3n) is 2.73. The van der Waals surface area contributed by atoms with Crippen LogP contribution in [0.3, 0.4) is 0 Å². The number of benzene rings is 2. The number of nitrogens with one attached hydrogen (secondary N) is 1. The highest BCUT2D eigenvalue weighted by Gasteiger charge is 2.07. The summed E-state index contributed by atoms with van der Waals surface area (Å²) in [6.07, 6.45) is 1.60. The maximum Gasteiger partial charge on any atom is 0.337 e. The summed E-state index contributed by atoms with van der Waals surface area (Å²) in [7, 11) is 1.60. The summed E-state index contributed by atoms with van der Waals surface area (Å²) in [6, 6.07) is 12.1. The zero-order valence-corrected chi connectivity index (χ0v) is 12.8. The van der Waals surface area contributed by atoms with E-state index in [1.165, 1.54) is 6.07 Å². The van der Waals surface area contributed by atoms with Gasteiger partial charge in [0.15, 0.2) is 0 Å². The standard InChI is InChI=1S/C15H13BrN2O3/c1-21-14-7-6-10(8-12(14)16)9-17-18-13-5-3-2-4-11(13)15(19)20/h2-9,18H,1H3,(H,19,20)/b17-9+. The lowest BCUT2D eigenvalue weighted by Gasteiger charge is -2.05. The SMILES string of the molecule is COc1ccc(/C=N/Nc2ccccc2C(=O)O)cc1Br. The van der Waals surface area contributed by atoms with Crippen molar-refractivity contribution in [3.8, 4) is 5.75 Å². The van der Waals surface area contributed by atoms with Crippen LogP contribution in [0.5, 0.6) is 5.75 Å². The van der Waals surface area contributed by atoms with E-state index < -0.39 is 5.97 Å². The van der Waals surface area contributed by atoms with Crippen molar-refractivity contribution < 1.29 is 14.6 Å². The van der Waals surface area contributed by atoms with Crippen molar-refractivity contribution in [1.29, 1.82) is 0 Å². The molecule has 0 radical (unpaired) electrons. The Kier molecular flexibility index (Phi) is 4.94. The molecule has 0 heterocycles. The third kappa shape index (κ3) is 3.82. The predicted molar refractivity (Wildman–Crippen MR) is 85.3 cm³/mol. The Morgan fingerprint density at radius 3 is 2.76 bits per heavy atom. The lowest BCUT2D eigenvalue weighted by molar-refractivity contribution is 0.0698. The van der Waals surface area contributed by atoms with Gasteiger partial charge in [-0.05, 0) is 51.8 Å². The molecule has 0 saturated heterocycles. The first kappa shape index (κ1) is 15.1. The molecule has 2 rings (SSSR count). The molecule has 0 amide bonds. The van der Waals surface area contributed by atoms with Gasteiger partial charge in [0, 0.05) is 0 Å². The molecule has 0 spiro atoms. The van der Waals surface area contributed by atoms with Crippen LogP contribution in [0.4, 0.5) is 5.69 Å². The van der Waals surface area contributed by atoms with Gasteiger partial charge in [-0.3, -0.25) is 5.43 Å². The fourth-order valence-corrected chi connectivity index (χ4v) is 2.26. The number of carboxylic acid groups (broad SMARTS) is 1. The van der Waals surface area contributed by atoms with Gasteiger partial charge in [0.25, 0.3) is 0 Å². The summed E-state index contributed by atoms with van der Waals surface area (Å²) in [5.74, 6) is -0.267. The molecule has 0 aliphatic heterocycles. The van der Waals surface area contributed by atoms with Gasteiger partial charge < -0.3 is 9.84 Å². The molecule has 0 fully saturated rings. The van der Waals surface area contributed by atoms with E-state index in [1.54, 1.807) is 31.5 Å². The number of halogens is 1. The number of hydrogen-bond acceptors (Lipinski definition) is 4. The van der Waals surface area contributed by atoms with Crippen LogP contribution >= 0.6 is 15.9 Å². The Labute approximate surface area is 130 Å². The molecule has 0 bridgehead atoms. The summed E-state index contributed by atoms with van der Waals surface area (Å²) in [6.45, 7) is 0. The zero-order chi connectivity index (χ0) is 15.2. The van der Waals surface area contributed by atoms with Crippen LogP contribution in [0.25, 0.3) is 0 Å². The number of rotatable bonds is 5. The molecule has 108 valence electrons. The average Bonchev–Trinajstić information content (AvgIpc) is 2.48. The Bertz CT molecular complexity index is 686. The van der Waals surface area contributed by atoms with Crippen molar-refractivity contribution in [1.82, 2.24) is 0 Å². The molecule has 0 aromatic heterocycles. The first-order valence-corrected chi connectivity index (χ1v) is 6.86.